The molecule has 0 saturated carbocycles. The van der Waals surface area contributed by atoms with E-state index in [1.165, 1.54) is 12.7 Å². The van der Waals surface area contributed by atoms with Gasteiger partial charge in [-0.05, 0) is 6.07 Å². The normalized spacial score (nSPS) is 17.2. The molecule has 0 radical (unpaired) electrons. The lowest BCUT2D eigenvalue weighted by atomic mass is 10.2. The fraction of sp³-hybridized carbons (Fsp3) is 0.250. The van der Waals surface area contributed by atoms with Crippen molar-refractivity contribution in [2.45, 2.75) is 12.5 Å². The molecule has 1 fully saturated rings. The first-order valence-corrected chi connectivity index (χ1v) is 7.52. The lowest BCUT2D eigenvalue weighted by Gasteiger charge is -2.16. The molecule has 8 nitrogen and oxygen atoms in total. The second-order valence-electron chi connectivity index (χ2n) is 5.36. The van der Waals surface area contributed by atoms with Gasteiger partial charge >= 0.3 is 0 Å². The van der Waals surface area contributed by atoms with Gasteiger partial charge in [-0.2, -0.15) is 0 Å². The summed E-state index contributed by atoms with van der Waals surface area (Å²) < 4.78 is 15.9. The van der Waals surface area contributed by atoms with Gasteiger partial charge in [-0.25, -0.2) is 9.97 Å². The summed E-state index contributed by atoms with van der Waals surface area (Å²) in [5.41, 5.74) is 0.665. The number of carbonyl (C=O) groups is 1. The predicted octanol–water partition coefficient (Wildman–Crippen LogP) is 2.02. The largest absolute Gasteiger partial charge is 0.472 e. The van der Waals surface area contributed by atoms with Crippen molar-refractivity contribution in [2.24, 2.45) is 0 Å². The Labute approximate surface area is 137 Å². The van der Waals surface area contributed by atoms with Crippen molar-refractivity contribution < 1.29 is 18.5 Å². The van der Waals surface area contributed by atoms with Crippen molar-refractivity contribution in [1.82, 2.24) is 20.0 Å². The predicted molar refractivity (Wildman–Crippen MR) is 81.2 cm³/mol. The third-order valence-corrected chi connectivity index (χ3v) is 3.80. The highest BCUT2D eigenvalue weighted by atomic mass is 16.5. The quantitative estimate of drug-likeness (QED) is 0.724. The number of hydrogen-bond donors (Lipinski definition) is 0. The summed E-state index contributed by atoms with van der Waals surface area (Å²) >= 11 is 0. The van der Waals surface area contributed by atoms with Crippen LogP contribution in [0.5, 0.6) is 5.88 Å². The van der Waals surface area contributed by atoms with Gasteiger partial charge in [0.25, 0.3) is 5.91 Å². The van der Waals surface area contributed by atoms with Crippen LogP contribution in [-0.2, 0) is 0 Å². The van der Waals surface area contributed by atoms with Crippen molar-refractivity contribution in [3.05, 3.63) is 48.8 Å². The second kappa shape index (κ2) is 6.15. The summed E-state index contributed by atoms with van der Waals surface area (Å²) in [5.74, 6) is 0.651. The molecule has 0 unspecified atom stereocenters. The number of nitrogens with zero attached hydrogens (tertiary/aromatic N) is 4. The van der Waals surface area contributed by atoms with E-state index in [9.17, 15) is 4.79 Å². The molecule has 1 atom stereocenters. The number of hydrogen-bond acceptors (Lipinski definition) is 7. The Morgan fingerprint density at radius 1 is 1.29 bits per heavy atom. The van der Waals surface area contributed by atoms with Crippen molar-refractivity contribution >= 4 is 5.91 Å². The first kappa shape index (κ1) is 14.4. The third-order valence-electron chi connectivity index (χ3n) is 3.80. The van der Waals surface area contributed by atoms with E-state index in [0.717, 1.165) is 6.42 Å². The van der Waals surface area contributed by atoms with E-state index in [0.29, 0.717) is 30.4 Å². The molecular weight excluding hydrogens is 312 g/mol. The van der Waals surface area contributed by atoms with E-state index in [1.807, 2.05) is 12.1 Å². The van der Waals surface area contributed by atoms with Crippen LogP contribution < -0.4 is 4.74 Å². The number of ether oxygens (including phenoxy) is 1. The zero-order chi connectivity index (χ0) is 16.4. The minimum Gasteiger partial charge on any atom is -0.472 e. The van der Waals surface area contributed by atoms with Gasteiger partial charge in [0.05, 0.1) is 6.54 Å². The Kier molecular flexibility index (Phi) is 3.70. The Morgan fingerprint density at radius 2 is 2.25 bits per heavy atom. The molecule has 0 aliphatic carbocycles. The van der Waals surface area contributed by atoms with Gasteiger partial charge < -0.3 is 18.6 Å². The molecule has 1 amide bonds. The molecule has 0 N–H and O–H groups in total. The van der Waals surface area contributed by atoms with E-state index in [4.69, 9.17) is 13.7 Å². The molecule has 1 aliphatic heterocycles. The Hall–Kier alpha value is -3.16. The Morgan fingerprint density at radius 3 is 3.04 bits per heavy atom. The summed E-state index contributed by atoms with van der Waals surface area (Å²) in [7, 11) is 0. The average Bonchev–Trinajstić information content (AvgIpc) is 3.35. The standard InChI is InChI=1S/C16H14N4O4/c21-16(14-15(22-10-18-14)12-5-8-23-19-12)20-7-4-11(9-20)24-13-3-1-2-6-17-13/h1-3,5-6,8,10-11H,4,7,9H2/t11-/m0/s1. The van der Waals surface area contributed by atoms with E-state index in [2.05, 4.69) is 15.1 Å². The number of carbonyl (C=O) groups excluding carboxylic acids is 1. The molecule has 122 valence electrons. The van der Waals surface area contributed by atoms with Crippen molar-refractivity contribution in [3.63, 3.8) is 0 Å². The van der Waals surface area contributed by atoms with Crippen molar-refractivity contribution in [2.75, 3.05) is 13.1 Å². The molecule has 0 aromatic carbocycles. The molecule has 24 heavy (non-hydrogen) atoms. The SMILES string of the molecule is O=C(c1ncoc1-c1ccon1)N1CC[C@H](Oc2ccccn2)C1. The van der Waals surface area contributed by atoms with Gasteiger partial charge in [0, 0.05) is 31.3 Å². The van der Waals surface area contributed by atoms with Crippen LogP contribution >= 0.6 is 0 Å². The maximum absolute atomic E-state index is 12.7. The smallest absolute Gasteiger partial charge is 0.276 e. The fourth-order valence-electron chi connectivity index (χ4n) is 2.66. The first-order valence-electron chi connectivity index (χ1n) is 7.52. The van der Waals surface area contributed by atoms with Crippen LogP contribution in [0.2, 0.25) is 0 Å². The van der Waals surface area contributed by atoms with Crippen LogP contribution in [0, 0.1) is 0 Å². The van der Waals surface area contributed by atoms with Gasteiger partial charge in [0.2, 0.25) is 5.88 Å². The highest BCUT2D eigenvalue weighted by Gasteiger charge is 2.32. The molecule has 3 aromatic rings. The molecule has 4 rings (SSSR count). The number of likely N-dealkylation sites (tertiary alicyclic amines) is 1. The molecular formula is C16H14N4O4. The maximum Gasteiger partial charge on any atom is 0.276 e. The number of rotatable bonds is 4. The number of oxazole rings is 1. The topological polar surface area (TPSA) is 94.5 Å². The van der Waals surface area contributed by atoms with E-state index < -0.39 is 0 Å². The fourth-order valence-corrected chi connectivity index (χ4v) is 2.66. The minimum absolute atomic E-state index is 0.0914. The lowest BCUT2D eigenvalue weighted by molar-refractivity contribution is 0.0766. The molecule has 0 spiro atoms. The van der Waals surface area contributed by atoms with Crippen molar-refractivity contribution in [1.29, 1.82) is 0 Å². The van der Waals surface area contributed by atoms with Crippen LogP contribution in [0.25, 0.3) is 11.5 Å². The van der Waals surface area contributed by atoms with Crippen LogP contribution in [0.4, 0.5) is 0 Å². The van der Waals surface area contributed by atoms with Crippen LogP contribution in [0.3, 0.4) is 0 Å². The van der Waals surface area contributed by atoms with Crippen LogP contribution in [-0.4, -0.2) is 45.1 Å². The highest BCUT2D eigenvalue weighted by molar-refractivity contribution is 5.97. The van der Waals surface area contributed by atoms with Crippen LogP contribution in [0.1, 0.15) is 16.9 Å². The summed E-state index contributed by atoms with van der Waals surface area (Å²) in [6, 6.07) is 7.10. The summed E-state index contributed by atoms with van der Waals surface area (Å²) in [6.07, 6.45) is 4.96. The van der Waals surface area contributed by atoms with E-state index >= 15 is 0 Å². The maximum atomic E-state index is 12.7. The molecule has 3 aromatic heterocycles. The first-order chi connectivity index (χ1) is 11.8. The molecule has 1 aliphatic rings. The van der Waals surface area contributed by atoms with Gasteiger partial charge in [0.15, 0.2) is 23.5 Å². The summed E-state index contributed by atoms with van der Waals surface area (Å²) in [4.78, 5) is 22.6. The lowest BCUT2D eigenvalue weighted by Crippen LogP contribution is -2.31. The number of amides is 1. The molecule has 0 bridgehead atoms. The van der Waals surface area contributed by atoms with Gasteiger partial charge in [-0.3, -0.25) is 4.79 Å². The zero-order valence-corrected chi connectivity index (χ0v) is 12.7. The summed E-state index contributed by atoms with van der Waals surface area (Å²) in [6.45, 7) is 1.06. The minimum atomic E-state index is -0.214. The van der Waals surface area contributed by atoms with Gasteiger partial charge in [0.1, 0.15) is 12.4 Å². The number of pyridine rings is 1. The van der Waals surface area contributed by atoms with E-state index in [-0.39, 0.29) is 17.7 Å². The van der Waals surface area contributed by atoms with Gasteiger partial charge in [-0.1, -0.05) is 11.2 Å². The van der Waals surface area contributed by atoms with Gasteiger partial charge in [-0.15, -0.1) is 0 Å². The average molecular weight is 326 g/mol. The van der Waals surface area contributed by atoms with Crippen LogP contribution in [0.15, 0.2) is 52.1 Å². The Balaban J connectivity index is 1.46. The molecule has 4 heterocycles. The monoisotopic (exact) mass is 326 g/mol. The summed E-state index contributed by atoms with van der Waals surface area (Å²) in [5, 5.41) is 3.79. The highest BCUT2D eigenvalue weighted by Crippen LogP contribution is 2.24. The Bertz CT molecular complexity index is 816. The van der Waals surface area contributed by atoms with Crippen molar-refractivity contribution in [3.8, 4) is 17.3 Å². The third kappa shape index (κ3) is 2.73. The van der Waals surface area contributed by atoms with E-state index in [1.54, 1.807) is 23.2 Å². The molecule has 1 saturated heterocycles. The molecule has 8 heteroatoms. The zero-order valence-electron chi connectivity index (χ0n) is 12.7. The number of aromatic nitrogens is 3. The second-order valence-corrected chi connectivity index (χ2v) is 5.36.